The fourth-order valence-electron chi connectivity index (χ4n) is 2.05. The Bertz CT molecular complexity index is 539. The first kappa shape index (κ1) is 22.8. The summed E-state index contributed by atoms with van der Waals surface area (Å²) in [6.07, 6.45) is -2.20. The van der Waals surface area contributed by atoms with Crippen molar-refractivity contribution in [2.45, 2.75) is 25.2 Å². The standard InChI is InChI=1S/C18H27NO8/c1-24-9-10-26-12-11-25-8-7-15(20)16(17(21)22)19-18(23)27-13-14-5-3-2-4-6-14/h2-6,15-16,20H,7-13H2,1H3,(H,19,23)(H,21,22). The molecular weight excluding hydrogens is 358 g/mol. The number of nitrogens with one attached hydrogen (secondary N) is 1. The van der Waals surface area contributed by atoms with Gasteiger partial charge < -0.3 is 34.5 Å². The van der Waals surface area contributed by atoms with Gasteiger partial charge in [-0.1, -0.05) is 30.3 Å². The van der Waals surface area contributed by atoms with E-state index in [4.69, 9.17) is 18.9 Å². The number of aliphatic carboxylic acids is 1. The summed E-state index contributed by atoms with van der Waals surface area (Å²) in [5, 5.41) is 21.4. The minimum absolute atomic E-state index is 0.00128. The third kappa shape index (κ3) is 10.5. The summed E-state index contributed by atoms with van der Waals surface area (Å²) in [7, 11) is 1.58. The van der Waals surface area contributed by atoms with Gasteiger partial charge in [-0.3, -0.25) is 0 Å². The van der Waals surface area contributed by atoms with Gasteiger partial charge in [0.15, 0.2) is 6.04 Å². The van der Waals surface area contributed by atoms with Crippen LogP contribution in [0.4, 0.5) is 4.79 Å². The van der Waals surface area contributed by atoms with Crippen molar-refractivity contribution in [3.05, 3.63) is 35.9 Å². The van der Waals surface area contributed by atoms with Gasteiger partial charge in [-0.2, -0.15) is 0 Å². The van der Waals surface area contributed by atoms with Crippen molar-refractivity contribution in [2.24, 2.45) is 0 Å². The Morgan fingerprint density at radius 2 is 1.67 bits per heavy atom. The average Bonchev–Trinajstić information content (AvgIpc) is 2.67. The second-order valence-electron chi connectivity index (χ2n) is 5.60. The topological polar surface area (TPSA) is 124 Å². The van der Waals surface area contributed by atoms with E-state index >= 15 is 0 Å². The largest absolute Gasteiger partial charge is 0.480 e. The molecule has 2 atom stereocenters. The molecule has 0 aliphatic carbocycles. The van der Waals surface area contributed by atoms with Crippen LogP contribution < -0.4 is 5.32 Å². The molecule has 3 N–H and O–H groups in total. The molecule has 9 heteroatoms. The summed E-state index contributed by atoms with van der Waals surface area (Å²) in [5.41, 5.74) is 0.765. The van der Waals surface area contributed by atoms with Crippen LogP contribution in [0.2, 0.25) is 0 Å². The molecule has 0 aliphatic heterocycles. The van der Waals surface area contributed by atoms with Crippen molar-refractivity contribution in [3.8, 4) is 0 Å². The highest BCUT2D eigenvalue weighted by molar-refractivity contribution is 5.80. The van der Waals surface area contributed by atoms with E-state index in [1.165, 1.54) is 0 Å². The number of rotatable bonds is 14. The number of carbonyl (C=O) groups excluding carboxylic acids is 1. The van der Waals surface area contributed by atoms with Gasteiger partial charge in [0, 0.05) is 13.7 Å². The number of aliphatic hydroxyl groups is 1. The van der Waals surface area contributed by atoms with Crippen LogP contribution >= 0.6 is 0 Å². The molecule has 2 unspecified atom stereocenters. The van der Waals surface area contributed by atoms with Crippen molar-refractivity contribution in [1.82, 2.24) is 5.32 Å². The molecule has 0 bridgehead atoms. The highest BCUT2D eigenvalue weighted by atomic mass is 16.6. The lowest BCUT2D eigenvalue weighted by Crippen LogP contribution is -2.49. The number of aliphatic hydroxyl groups excluding tert-OH is 1. The Hall–Kier alpha value is -2.20. The molecule has 9 nitrogen and oxygen atoms in total. The predicted molar refractivity (Wildman–Crippen MR) is 95.3 cm³/mol. The molecule has 0 radical (unpaired) electrons. The molecular formula is C18H27NO8. The number of carboxylic acid groups (broad SMARTS) is 1. The fraction of sp³-hybridized carbons (Fsp3) is 0.556. The zero-order valence-electron chi connectivity index (χ0n) is 15.3. The van der Waals surface area contributed by atoms with Gasteiger partial charge in [0.1, 0.15) is 6.61 Å². The maximum atomic E-state index is 11.8. The molecule has 1 aromatic carbocycles. The van der Waals surface area contributed by atoms with Crippen LogP contribution in [0, 0.1) is 0 Å². The average molecular weight is 385 g/mol. The number of carbonyl (C=O) groups is 2. The zero-order valence-corrected chi connectivity index (χ0v) is 15.3. The number of hydrogen-bond acceptors (Lipinski definition) is 7. The maximum Gasteiger partial charge on any atom is 0.408 e. The van der Waals surface area contributed by atoms with Crippen molar-refractivity contribution in [2.75, 3.05) is 40.1 Å². The van der Waals surface area contributed by atoms with E-state index in [0.29, 0.717) is 26.4 Å². The van der Waals surface area contributed by atoms with Crippen LogP contribution in [0.1, 0.15) is 12.0 Å². The Morgan fingerprint density at radius 1 is 1.04 bits per heavy atom. The number of carboxylic acids is 1. The summed E-state index contributed by atoms with van der Waals surface area (Å²) in [4.78, 5) is 23.1. The van der Waals surface area contributed by atoms with Gasteiger partial charge >= 0.3 is 12.1 Å². The Morgan fingerprint density at radius 3 is 2.30 bits per heavy atom. The van der Waals surface area contributed by atoms with Gasteiger partial charge in [-0.05, 0) is 12.0 Å². The summed E-state index contributed by atoms with van der Waals surface area (Å²) in [5.74, 6) is -1.36. The summed E-state index contributed by atoms with van der Waals surface area (Å²) >= 11 is 0. The molecule has 0 saturated carbocycles. The number of amides is 1. The van der Waals surface area contributed by atoms with E-state index in [-0.39, 0.29) is 19.6 Å². The lowest BCUT2D eigenvalue weighted by Gasteiger charge is -2.20. The number of hydrogen-bond donors (Lipinski definition) is 3. The highest BCUT2D eigenvalue weighted by Gasteiger charge is 2.28. The lowest BCUT2D eigenvalue weighted by molar-refractivity contribution is -0.142. The Labute approximate surface area is 158 Å². The second-order valence-corrected chi connectivity index (χ2v) is 5.60. The van der Waals surface area contributed by atoms with E-state index in [1.807, 2.05) is 6.07 Å². The molecule has 0 aromatic heterocycles. The smallest absolute Gasteiger partial charge is 0.408 e. The van der Waals surface area contributed by atoms with Gasteiger partial charge in [-0.25, -0.2) is 9.59 Å². The SMILES string of the molecule is COCCOCCOCCC(O)C(NC(=O)OCc1ccccc1)C(=O)O. The minimum atomic E-state index is -1.49. The predicted octanol–water partition coefficient (Wildman–Crippen LogP) is 0.797. The van der Waals surface area contributed by atoms with Crippen LogP contribution in [-0.4, -0.2) is 74.6 Å². The van der Waals surface area contributed by atoms with Gasteiger partial charge in [-0.15, -0.1) is 0 Å². The van der Waals surface area contributed by atoms with E-state index in [2.05, 4.69) is 5.32 Å². The van der Waals surface area contributed by atoms with Crippen LogP contribution in [-0.2, 0) is 30.3 Å². The summed E-state index contributed by atoms with van der Waals surface area (Å²) < 4.78 is 20.3. The lowest BCUT2D eigenvalue weighted by atomic mass is 10.1. The minimum Gasteiger partial charge on any atom is -0.480 e. The molecule has 0 heterocycles. The molecule has 152 valence electrons. The Balaban J connectivity index is 2.26. The first-order valence-electron chi connectivity index (χ1n) is 8.57. The molecule has 1 amide bonds. The van der Waals surface area contributed by atoms with Crippen molar-refractivity contribution >= 4 is 12.1 Å². The van der Waals surface area contributed by atoms with E-state index in [9.17, 15) is 19.8 Å². The van der Waals surface area contributed by atoms with E-state index in [1.54, 1.807) is 31.4 Å². The van der Waals surface area contributed by atoms with E-state index in [0.717, 1.165) is 5.56 Å². The number of alkyl carbamates (subject to hydrolysis) is 1. The molecule has 0 aliphatic rings. The first-order valence-corrected chi connectivity index (χ1v) is 8.57. The van der Waals surface area contributed by atoms with Gasteiger partial charge in [0.25, 0.3) is 0 Å². The van der Waals surface area contributed by atoms with Gasteiger partial charge in [0.05, 0.1) is 32.5 Å². The summed E-state index contributed by atoms with van der Waals surface area (Å²) in [6.45, 7) is 1.75. The zero-order chi connectivity index (χ0) is 19.9. The number of ether oxygens (including phenoxy) is 4. The Kier molecular flexibility index (Phi) is 11.8. The van der Waals surface area contributed by atoms with Crippen LogP contribution in [0.3, 0.4) is 0 Å². The van der Waals surface area contributed by atoms with Crippen LogP contribution in [0.25, 0.3) is 0 Å². The van der Waals surface area contributed by atoms with Crippen molar-refractivity contribution in [1.29, 1.82) is 0 Å². The summed E-state index contributed by atoms with van der Waals surface area (Å²) in [6, 6.07) is 7.47. The van der Waals surface area contributed by atoms with Crippen molar-refractivity contribution < 1.29 is 38.7 Å². The van der Waals surface area contributed by atoms with Crippen LogP contribution in [0.15, 0.2) is 30.3 Å². The molecule has 0 spiro atoms. The molecule has 27 heavy (non-hydrogen) atoms. The van der Waals surface area contributed by atoms with E-state index < -0.39 is 24.2 Å². The molecule has 0 fully saturated rings. The normalized spacial score (nSPS) is 13.0. The van der Waals surface area contributed by atoms with Crippen molar-refractivity contribution in [3.63, 3.8) is 0 Å². The fourth-order valence-corrected chi connectivity index (χ4v) is 2.05. The third-order valence-electron chi connectivity index (χ3n) is 3.50. The number of benzene rings is 1. The quantitative estimate of drug-likeness (QED) is 0.402. The third-order valence-corrected chi connectivity index (χ3v) is 3.50. The van der Waals surface area contributed by atoms with Crippen LogP contribution in [0.5, 0.6) is 0 Å². The molecule has 1 aromatic rings. The number of methoxy groups -OCH3 is 1. The highest BCUT2D eigenvalue weighted by Crippen LogP contribution is 2.04. The second kappa shape index (κ2) is 13.9. The maximum absolute atomic E-state index is 11.8. The monoisotopic (exact) mass is 385 g/mol. The molecule has 0 saturated heterocycles. The first-order chi connectivity index (χ1) is 13.0. The van der Waals surface area contributed by atoms with Gasteiger partial charge in [0.2, 0.25) is 0 Å². The molecule has 1 rings (SSSR count).